The summed E-state index contributed by atoms with van der Waals surface area (Å²) < 4.78 is 42.7. The summed E-state index contributed by atoms with van der Waals surface area (Å²) >= 11 is 0. The summed E-state index contributed by atoms with van der Waals surface area (Å²) in [6.07, 6.45) is -1.74. The average molecular weight is 286 g/mol. The third-order valence-corrected chi connectivity index (χ3v) is 2.63. The van der Waals surface area contributed by atoms with Crippen molar-refractivity contribution in [2.45, 2.75) is 26.3 Å². The van der Waals surface area contributed by atoms with Crippen molar-refractivity contribution < 1.29 is 23.0 Å². The fourth-order valence-corrected chi connectivity index (χ4v) is 1.72. The summed E-state index contributed by atoms with van der Waals surface area (Å²) in [5.41, 5.74) is 0.699. The van der Waals surface area contributed by atoms with Crippen LogP contribution in [0.25, 0.3) is 11.1 Å². The number of hydrogen-bond acceptors (Lipinski definition) is 3. The fourth-order valence-electron chi connectivity index (χ4n) is 1.72. The number of halogens is 3. The van der Waals surface area contributed by atoms with Crippen molar-refractivity contribution in [1.82, 2.24) is 9.78 Å². The lowest BCUT2D eigenvalue weighted by Crippen LogP contribution is -2.17. The van der Waals surface area contributed by atoms with Gasteiger partial charge in [-0.1, -0.05) is 0 Å². The van der Waals surface area contributed by atoms with E-state index in [-0.39, 0.29) is 17.4 Å². The van der Waals surface area contributed by atoms with Crippen LogP contribution in [0.2, 0.25) is 0 Å². The Kier molecular flexibility index (Phi) is 3.61. The second-order valence-electron chi connectivity index (χ2n) is 4.53. The smallest absolute Gasteiger partial charge is 0.508 e. The van der Waals surface area contributed by atoms with Crippen molar-refractivity contribution in [3.05, 3.63) is 30.6 Å². The maximum Gasteiger partial charge on any atom is 0.573 e. The molecule has 0 saturated carbocycles. The van der Waals surface area contributed by atoms with E-state index in [0.717, 1.165) is 6.07 Å². The van der Waals surface area contributed by atoms with Crippen LogP contribution in [0, 0.1) is 0 Å². The summed E-state index contributed by atoms with van der Waals surface area (Å²) in [4.78, 5) is 0. The van der Waals surface area contributed by atoms with Gasteiger partial charge in [-0.15, -0.1) is 13.2 Å². The molecule has 2 aromatic rings. The molecular weight excluding hydrogens is 273 g/mol. The minimum Gasteiger partial charge on any atom is -0.508 e. The van der Waals surface area contributed by atoms with Gasteiger partial charge in [0.15, 0.2) is 0 Å². The standard InChI is InChI=1S/C13H13F3N2O2/c1-8(2)18-7-9(6-17-18)11-4-3-10(19)5-12(11)20-13(14,15)16/h3-8,19H,1-2H3. The zero-order valence-electron chi connectivity index (χ0n) is 10.8. The Hall–Kier alpha value is -2.18. The van der Waals surface area contributed by atoms with Gasteiger partial charge in [-0.05, 0) is 26.0 Å². The molecule has 0 aliphatic rings. The number of hydrogen-bond donors (Lipinski definition) is 1. The highest BCUT2D eigenvalue weighted by Gasteiger charge is 2.32. The van der Waals surface area contributed by atoms with E-state index in [9.17, 15) is 18.3 Å². The Morgan fingerprint density at radius 1 is 1.30 bits per heavy atom. The molecular formula is C13H13F3N2O2. The molecule has 0 unspecified atom stereocenters. The highest BCUT2D eigenvalue weighted by Crippen LogP contribution is 2.36. The van der Waals surface area contributed by atoms with Crippen molar-refractivity contribution in [1.29, 1.82) is 0 Å². The number of aromatic nitrogens is 2. The summed E-state index contributed by atoms with van der Waals surface area (Å²) in [6.45, 7) is 3.81. The van der Waals surface area contributed by atoms with Gasteiger partial charge in [-0.2, -0.15) is 5.10 Å². The summed E-state index contributed by atoms with van der Waals surface area (Å²) in [5.74, 6) is -0.759. The first-order chi connectivity index (χ1) is 9.26. The maximum atomic E-state index is 12.4. The number of phenols is 1. The van der Waals surface area contributed by atoms with Gasteiger partial charge >= 0.3 is 6.36 Å². The van der Waals surface area contributed by atoms with Gasteiger partial charge in [0.25, 0.3) is 0 Å². The first kappa shape index (κ1) is 14.2. The van der Waals surface area contributed by atoms with Crippen LogP contribution in [-0.4, -0.2) is 21.2 Å². The van der Waals surface area contributed by atoms with E-state index in [4.69, 9.17) is 0 Å². The van der Waals surface area contributed by atoms with Gasteiger partial charge in [0.05, 0.1) is 6.20 Å². The van der Waals surface area contributed by atoms with E-state index in [2.05, 4.69) is 9.84 Å². The van der Waals surface area contributed by atoms with Gasteiger partial charge < -0.3 is 9.84 Å². The number of aromatic hydroxyl groups is 1. The zero-order valence-corrected chi connectivity index (χ0v) is 10.8. The second kappa shape index (κ2) is 5.07. The van der Waals surface area contributed by atoms with Crippen LogP contribution < -0.4 is 4.74 Å². The zero-order chi connectivity index (χ0) is 14.9. The molecule has 108 valence electrons. The predicted molar refractivity (Wildman–Crippen MR) is 66.4 cm³/mol. The highest BCUT2D eigenvalue weighted by molar-refractivity contribution is 5.70. The molecule has 1 N–H and O–H groups in total. The second-order valence-corrected chi connectivity index (χ2v) is 4.53. The number of benzene rings is 1. The van der Waals surface area contributed by atoms with Gasteiger partial charge in [-0.25, -0.2) is 0 Å². The molecule has 0 fully saturated rings. The molecule has 4 nitrogen and oxygen atoms in total. The third-order valence-electron chi connectivity index (χ3n) is 2.63. The number of nitrogens with zero attached hydrogens (tertiary/aromatic N) is 2. The van der Waals surface area contributed by atoms with Crippen LogP contribution in [-0.2, 0) is 0 Å². The lowest BCUT2D eigenvalue weighted by Gasteiger charge is -2.12. The minimum absolute atomic E-state index is 0.0906. The SMILES string of the molecule is CC(C)n1cc(-c2ccc(O)cc2OC(F)(F)F)cn1. The normalized spacial score (nSPS) is 11.9. The van der Waals surface area contributed by atoms with Crippen LogP contribution in [0.4, 0.5) is 13.2 Å². The Bertz CT molecular complexity index is 606. The van der Waals surface area contributed by atoms with Crippen LogP contribution in [0.3, 0.4) is 0 Å². The van der Waals surface area contributed by atoms with Crippen molar-refractivity contribution in [3.63, 3.8) is 0 Å². The lowest BCUT2D eigenvalue weighted by atomic mass is 10.1. The molecule has 0 spiro atoms. The van der Waals surface area contributed by atoms with Crippen molar-refractivity contribution in [2.24, 2.45) is 0 Å². The van der Waals surface area contributed by atoms with Crippen LogP contribution in [0.15, 0.2) is 30.6 Å². The number of rotatable bonds is 3. The van der Waals surface area contributed by atoms with E-state index in [0.29, 0.717) is 5.56 Å². The van der Waals surface area contributed by atoms with Gasteiger partial charge in [0.2, 0.25) is 0 Å². The first-order valence-electron chi connectivity index (χ1n) is 5.89. The van der Waals surface area contributed by atoms with Gasteiger partial charge in [-0.3, -0.25) is 4.68 Å². The Balaban J connectivity index is 2.44. The minimum atomic E-state index is -4.82. The van der Waals surface area contributed by atoms with E-state index in [1.807, 2.05) is 13.8 Å². The molecule has 0 aliphatic heterocycles. The van der Waals surface area contributed by atoms with Gasteiger partial charge in [0.1, 0.15) is 11.5 Å². The number of alkyl halides is 3. The van der Waals surface area contributed by atoms with E-state index >= 15 is 0 Å². The highest BCUT2D eigenvalue weighted by atomic mass is 19.4. The van der Waals surface area contributed by atoms with Crippen LogP contribution >= 0.6 is 0 Å². The Morgan fingerprint density at radius 3 is 2.55 bits per heavy atom. The van der Waals surface area contributed by atoms with E-state index in [1.165, 1.54) is 18.3 Å². The average Bonchev–Trinajstić information content (AvgIpc) is 2.76. The molecule has 2 rings (SSSR count). The lowest BCUT2D eigenvalue weighted by molar-refractivity contribution is -0.274. The van der Waals surface area contributed by atoms with Crippen molar-refractivity contribution in [2.75, 3.05) is 0 Å². The van der Waals surface area contributed by atoms with Gasteiger partial charge in [0, 0.05) is 29.4 Å². The molecule has 1 aromatic carbocycles. The first-order valence-corrected chi connectivity index (χ1v) is 5.89. The molecule has 0 amide bonds. The molecule has 0 atom stereocenters. The molecule has 1 heterocycles. The van der Waals surface area contributed by atoms with Crippen LogP contribution in [0.1, 0.15) is 19.9 Å². The monoisotopic (exact) mass is 286 g/mol. The summed E-state index contributed by atoms with van der Waals surface area (Å²) in [5, 5.41) is 13.4. The Morgan fingerprint density at radius 2 is 2.00 bits per heavy atom. The summed E-state index contributed by atoms with van der Waals surface area (Å²) in [7, 11) is 0. The number of ether oxygens (including phenoxy) is 1. The van der Waals surface area contributed by atoms with E-state index in [1.54, 1.807) is 10.9 Å². The predicted octanol–water partition coefficient (Wildman–Crippen LogP) is 3.74. The van der Waals surface area contributed by atoms with Crippen molar-refractivity contribution >= 4 is 0 Å². The summed E-state index contributed by atoms with van der Waals surface area (Å²) in [6, 6.07) is 3.67. The fraction of sp³-hybridized carbons (Fsp3) is 0.308. The Labute approximate surface area is 113 Å². The van der Waals surface area contributed by atoms with Crippen LogP contribution in [0.5, 0.6) is 11.5 Å². The number of phenolic OH excluding ortho intramolecular Hbond substituents is 1. The quantitative estimate of drug-likeness (QED) is 0.935. The molecule has 0 bridgehead atoms. The third kappa shape index (κ3) is 3.23. The topological polar surface area (TPSA) is 47.3 Å². The molecule has 20 heavy (non-hydrogen) atoms. The molecule has 1 aromatic heterocycles. The van der Waals surface area contributed by atoms with E-state index < -0.39 is 12.1 Å². The molecule has 0 aliphatic carbocycles. The largest absolute Gasteiger partial charge is 0.573 e. The van der Waals surface area contributed by atoms with Crippen molar-refractivity contribution in [3.8, 4) is 22.6 Å². The molecule has 0 radical (unpaired) electrons. The maximum absolute atomic E-state index is 12.4. The molecule has 0 saturated heterocycles. The molecule has 7 heteroatoms.